The highest BCUT2D eigenvalue weighted by Gasteiger charge is 2.31. The number of carbonyl (C=O) groups is 1. The number of hydrogen-bond donors (Lipinski definition) is 1. The first-order valence-electron chi connectivity index (χ1n) is 6.11. The number of nitrogens with zero attached hydrogens (tertiary/aromatic N) is 1. The lowest BCUT2D eigenvalue weighted by atomic mass is 10.1. The molecule has 18 heavy (non-hydrogen) atoms. The summed E-state index contributed by atoms with van der Waals surface area (Å²) in [6, 6.07) is 3.40. The molecule has 2 aliphatic heterocycles. The maximum atomic E-state index is 12.4. The molecule has 0 unspecified atom stereocenters. The van der Waals surface area contributed by atoms with Gasteiger partial charge in [0.2, 0.25) is 0 Å². The number of fused-ring (bicyclic) bond motifs is 2. The fourth-order valence-corrected chi connectivity index (χ4v) is 2.69. The first-order chi connectivity index (χ1) is 8.70. The van der Waals surface area contributed by atoms with E-state index < -0.39 is 0 Å². The quantitative estimate of drug-likeness (QED) is 0.823. The first-order valence-corrected chi connectivity index (χ1v) is 6.11. The lowest BCUT2D eigenvalue weighted by Crippen LogP contribution is -2.33. The molecule has 0 aromatic heterocycles. The van der Waals surface area contributed by atoms with Gasteiger partial charge in [0.05, 0.1) is 18.7 Å². The lowest BCUT2D eigenvalue weighted by Gasteiger charge is -2.21. The summed E-state index contributed by atoms with van der Waals surface area (Å²) in [5, 5.41) is 9.76. The van der Waals surface area contributed by atoms with Crippen molar-refractivity contribution >= 4 is 12.0 Å². The third kappa shape index (κ3) is 1.56. The highest BCUT2D eigenvalue weighted by atomic mass is 16.5. The Labute approximate surface area is 105 Å². The molecule has 0 radical (unpaired) electrons. The van der Waals surface area contributed by atoms with Gasteiger partial charge in [-0.25, -0.2) is 0 Å². The first kappa shape index (κ1) is 11.1. The summed E-state index contributed by atoms with van der Waals surface area (Å²) in [6.45, 7) is 0.802. The minimum Gasteiger partial charge on any atom is -0.504 e. The SMILES string of the molecule is COc1cc2c(cc1O)C=C[C@@H]1CCCN1C2=O. The number of rotatable bonds is 1. The van der Waals surface area contributed by atoms with E-state index in [0.717, 1.165) is 24.9 Å². The van der Waals surface area contributed by atoms with Crippen molar-refractivity contribution in [1.82, 2.24) is 4.90 Å². The van der Waals surface area contributed by atoms with Gasteiger partial charge >= 0.3 is 0 Å². The number of methoxy groups -OCH3 is 1. The Morgan fingerprint density at radius 2 is 2.28 bits per heavy atom. The Kier molecular flexibility index (Phi) is 2.51. The van der Waals surface area contributed by atoms with Gasteiger partial charge < -0.3 is 14.7 Å². The Morgan fingerprint density at radius 1 is 1.44 bits per heavy atom. The Balaban J connectivity index is 2.12. The molecule has 0 spiro atoms. The van der Waals surface area contributed by atoms with E-state index in [-0.39, 0.29) is 17.7 Å². The fourth-order valence-electron chi connectivity index (χ4n) is 2.69. The summed E-state index contributed by atoms with van der Waals surface area (Å²) < 4.78 is 5.07. The van der Waals surface area contributed by atoms with Gasteiger partial charge in [-0.1, -0.05) is 12.2 Å². The van der Waals surface area contributed by atoms with Gasteiger partial charge in [0, 0.05) is 6.54 Å². The molecule has 4 heteroatoms. The highest BCUT2D eigenvalue weighted by molar-refractivity contribution is 6.00. The predicted molar refractivity (Wildman–Crippen MR) is 67.8 cm³/mol. The minimum absolute atomic E-state index is 0.0239. The number of ether oxygens (including phenoxy) is 1. The van der Waals surface area contributed by atoms with Crippen LogP contribution in [0.15, 0.2) is 18.2 Å². The molecule has 94 valence electrons. The van der Waals surface area contributed by atoms with Gasteiger partial charge in [-0.05, 0) is 30.5 Å². The molecule has 0 aliphatic carbocycles. The number of amides is 1. The van der Waals surface area contributed by atoms with Gasteiger partial charge in [0.15, 0.2) is 11.5 Å². The van der Waals surface area contributed by atoms with Crippen LogP contribution in [-0.4, -0.2) is 35.6 Å². The normalized spacial score (nSPS) is 21.5. The van der Waals surface area contributed by atoms with E-state index in [1.165, 1.54) is 7.11 Å². The summed E-state index contributed by atoms with van der Waals surface area (Å²) in [7, 11) is 1.48. The molecule has 2 heterocycles. The molecule has 3 rings (SSSR count). The van der Waals surface area contributed by atoms with E-state index in [0.29, 0.717) is 11.3 Å². The minimum atomic E-state index is 0.0239. The summed E-state index contributed by atoms with van der Waals surface area (Å²) >= 11 is 0. The van der Waals surface area contributed by atoms with E-state index >= 15 is 0 Å². The molecule has 1 aromatic rings. The van der Waals surface area contributed by atoms with Crippen molar-refractivity contribution in [2.24, 2.45) is 0 Å². The third-order valence-electron chi connectivity index (χ3n) is 3.64. The second-order valence-corrected chi connectivity index (χ2v) is 4.68. The van der Waals surface area contributed by atoms with Gasteiger partial charge in [0.25, 0.3) is 5.91 Å². The van der Waals surface area contributed by atoms with Crippen LogP contribution in [0.25, 0.3) is 6.08 Å². The maximum absolute atomic E-state index is 12.4. The number of aromatic hydroxyl groups is 1. The molecule has 1 atom stereocenters. The van der Waals surface area contributed by atoms with Crippen molar-refractivity contribution in [3.05, 3.63) is 29.3 Å². The Morgan fingerprint density at radius 3 is 3.06 bits per heavy atom. The van der Waals surface area contributed by atoms with Gasteiger partial charge in [0.1, 0.15) is 0 Å². The van der Waals surface area contributed by atoms with E-state index in [9.17, 15) is 9.90 Å². The summed E-state index contributed by atoms with van der Waals surface area (Å²) in [4.78, 5) is 14.3. The van der Waals surface area contributed by atoms with Crippen LogP contribution in [0.4, 0.5) is 0 Å². The molecule has 1 amide bonds. The molecular weight excluding hydrogens is 230 g/mol. The predicted octanol–water partition coefficient (Wildman–Crippen LogP) is 2.03. The van der Waals surface area contributed by atoms with Crippen molar-refractivity contribution in [3.8, 4) is 11.5 Å². The molecule has 2 aliphatic rings. The summed E-state index contributed by atoms with van der Waals surface area (Å²) in [5.74, 6) is 0.430. The van der Waals surface area contributed by atoms with Crippen molar-refractivity contribution in [2.45, 2.75) is 18.9 Å². The molecular formula is C14H15NO3. The van der Waals surface area contributed by atoms with Crippen LogP contribution in [0.5, 0.6) is 11.5 Å². The zero-order chi connectivity index (χ0) is 12.7. The monoisotopic (exact) mass is 245 g/mol. The number of hydrogen-bond acceptors (Lipinski definition) is 3. The maximum Gasteiger partial charge on any atom is 0.255 e. The topological polar surface area (TPSA) is 49.8 Å². The molecule has 1 N–H and O–H groups in total. The highest BCUT2D eigenvalue weighted by Crippen LogP contribution is 2.34. The second kappa shape index (κ2) is 4.05. The standard InChI is InChI=1S/C14H15NO3/c1-18-13-8-11-9(7-12(13)16)4-5-10-3-2-6-15(10)14(11)17/h4-5,7-8,10,16H,2-3,6H2,1H3/t10-/m0/s1. The van der Waals surface area contributed by atoms with E-state index in [1.54, 1.807) is 12.1 Å². The Hall–Kier alpha value is -1.97. The average Bonchev–Trinajstić information content (AvgIpc) is 2.79. The van der Waals surface area contributed by atoms with E-state index in [1.807, 2.05) is 17.1 Å². The number of phenols is 1. The number of benzene rings is 1. The average molecular weight is 245 g/mol. The largest absolute Gasteiger partial charge is 0.504 e. The molecule has 0 saturated carbocycles. The zero-order valence-electron chi connectivity index (χ0n) is 10.2. The van der Waals surface area contributed by atoms with Crippen LogP contribution in [0.1, 0.15) is 28.8 Å². The molecule has 0 bridgehead atoms. The van der Waals surface area contributed by atoms with Crippen molar-refractivity contribution in [2.75, 3.05) is 13.7 Å². The lowest BCUT2D eigenvalue weighted by molar-refractivity contribution is 0.0763. The van der Waals surface area contributed by atoms with Crippen LogP contribution >= 0.6 is 0 Å². The molecule has 1 fully saturated rings. The van der Waals surface area contributed by atoms with Gasteiger partial charge in [-0.2, -0.15) is 0 Å². The fraction of sp³-hybridized carbons (Fsp3) is 0.357. The van der Waals surface area contributed by atoms with Crippen LogP contribution in [-0.2, 0) is 0 Å². The van der Waals surface area contributed by atoms with Gasteiger partial charge in [-0.15, -0.1) is 0 Å². The van der Waals surface area contributed by atoms with Crippen LogP contribution in [0.2, 0.25) is 0 Å². The smallest absolute Gasteiger partial charge is 0.255 e. The van der Waals surface area contributed by atoms with Crippen molar-refractivity contribution in [1.29, 1.82) is 0 Å². The zero-order valence-corrected chi connectivity index (χ0v) is 10.2. The Bertz CT molecular complexity index is 536. The molecule has 4 nitrogen and oxygen atoms in total. The van der Waals surface area contributed by atoms with E-state index in [2.05, 4.69) is 0 Å². The molecule has 1 aromatic carbocycles. The number of carbonyl (C=O) groups excluding carboxylic acids is 1. The second-order valence-electron chi connectivity index (χ2n) is 4.68. The van der Waals surface area contributed by atoms with Crippen LogP contribution in [0.3, 0.4) is 0 Å². The van der Waals surface area contributed by atoms with E-state index in [4.69, 9.17) is 4.74 Å². The van der Waals surface area contributed by atoms with Crippen molar-refractivity contribution in [3.63, 3.8) is 0 Å². The molecule has 1 saturated heterocycles. The number of phenolic OH excluding ortho intramolecular Hbond substituents is 1. The summed E-state index contributed by atoms with van der Waals surface area (Å²) in [5.41, 5.74) is 1.36. The van der Waals surface area contributed by atoms with Gasteiger partial charge in [-0.3, -0.25) is 4.79 Å². The van der Waals surface area contributed by atoms with Crippen LogP contribution in [0, 0.1) is 0 Å². The van der Waals surface area contributed by atoms with Crippen LogP contribution < -0.4 is 4.74 Å². The third-order valence-corrected chi connectivity index (χ3v) is 3.64. The summed E-state index contributed by atoms with van der Waals surface area (Å²) in [6.07, 6.45) is 6.02. The van der Waals surface area contributed by atoms with Crippen molar-refractivity contribution < 1.29 is 14.6 Å².